The van der Waals surface area contributed by atoms with Gasteiger partial charge in [-0.15, -0.1) is 0 Å². The van der Waals surface area contributed by atoms with Crippen molar-refractivity contribution in [2.45, 2.75) is 146 Å². The summed E-state index contributed by atoms with van der Waals surface area (Å²) in [7, 11) is 0. The first-order valence-electron chi connectivity index (χ1n) is 42.3. The van der Waals surface area contributed by atoms with Crippen molar-refractivity contribution in [3.05, 3.63) is 221 Å². The number of rotatable bonds is 26. The average molecular weight is 1390 g/mol. The maximum absolute atomic E-state index is 14.6. The maximum Gasteiger partial charge on any atom is 0.416 e. The van der Waals surface area contributed by atoms with Gasteiger partial charge in [0.1, 0.15) is 24.7 Å². The van der Waals surface area contributed by atoms with E-state index in [-0.39, 0.29) is 53.3 Å². The van der Waals surface area contributed by atoms with Gasteiger partial charge in [-0.05, 0) is 164 Å². The number of fused-ring (bicyclic) bond motifs is 2. The Morgan fingerprint density at radius 3 is 1.60 bits per heavy atom. The Labute approximate surface area is 599 Å². The van der Waals surface area contributed by atoms with Gasteiger partial charge < -0.3 is 28.7 Å². The number of allylic oxidation sites excluding steroid dienone is 7. The molecule has 0 aliphatic heterocycles. The predicted molar refractivity (Wildman–Crippen MR) is 363 cm³/mol. The molecule has 0 saturated heterocycles. The fourth-order valence-corrected chi connectivity index (χ4v) is 12.0. The van der Waals surface area contributed by atoms with E-state index in [1.54, 1.807) is 24.3 Å². The molecule has 2 heterocycles. The van der Waals surface area contributed by atoms with Gasteiger partial charge in [0.15, 0.2) is 10.3 Å². The van der Waals surface area contributed by atoms with E-state index in [1.165, 1.54) is 33.7 Å². The third kappa shape index (κ3) is 19.2. The van der Waals surface area contributed by atoms with Crippen molar-refractivity contribution < 1.29 is 77.6 Å². The Morgan fingerprint density at radius 1 is 0.594 bits per heavy atom. The second-order valence-electron chi connectivity index (χ2n) is 22.0. The summed E-state index contributed by atoms with van der Waals surface area (Å²) in [6.07, 6.45) is -20.0. The van der Waals surface area contributed by atoms with Gasteiger partial charge in [-0.1, -0.05) is 156 Å². The van der Waals surface area contributed by atoms with Crippen LogP contribution < -0.4 is 11.1 Å². The number of nitrogens with zero attached hydrogens (tertiary/aromatic N) is 8. The molecule has 22 heteroatoms. The number of halogens is 8. The van der Waals surface area contributed by atoms with Crippen molar-refractivity contribution >= 4 is 35.3 Å². The van der Waals surface area contributed by atoms with Gasteiger partial charge in [0.25, 0.3) is 11.1 Å². The van der Waals surface area contributed by atoms with Crippen molar-refractivity contribution in [3.8, 4) is 11.1 Å². The molecule has 0 radical (unpaired) electrons. The number of hydrogen-bond donors (Lipinski definition) is 0. The van der Waals surface area contributed by atoms with E-state index < -0.39 is 224 Å². The van der Waals surface area contributed by atoms with Gasteiger partial charge in [-0.25, -0.2) is 8.78 Å². The molecule has 5 unspecified atom stereocenters. The first-order chi connectivity index (χ1) is 54.9. The molecular weight excluding hydrogens is 1280 g/mol. The molecule has 2 amide bonds. The molecule has 0 saturated carbocycles. The fraction of sp³-hybridized carbons (Fsp3) is 0.432. The quantitative estimate of drug-likeness (QED) is 0.0295. The number of alkyl halides is 6. The molecule has 5 atom stereocenters. The van der Waals surface area contributed by atoms with Gasteiger partial charge >= 0.3 is 12.4 Å². The molecule has 512 valence electrons. The van der Waals surface area contributed by atoms with E-state index >= 15 is 0 Å². The molecule has 96 heavy (non-hydrogen) atoms. The lowest BCUT2D eigenvalue weighted by atomic mass is 9.82. The Balaban J connectivity index is 0.000000273. The number of carbonyl (C=O) groups excluding carboxylic acids is 2. The SMILES string of the molecule is [2H]C([2H])(Sc1nc(=O)c2c(n1CC(=O)N(CCN(C([2H])([2H])C)C([2H])([2H])C)Cc1ccc(-c3ccc(C(F)(F)F)cc3)cc1)C([2H])([2H])C([2H])(C)C2([2H])[2H])c1ccc(F)cc1.[2H]C1=C(CN(CCN(C([2H])([2H])C)C([2H])([2H])C)C(=O)Cn2c(SC([2H])([2H])c3ccc(F)cc3)nc(=O)c3c2CCC3)C([2H])C([2H])C(C2=C([2H])C([2H])=C(C(F)(F)F)C(C)C2[2H])=C1[2H]. The first-order valence-corrected chi connectivity index (χ1v) is 31.7. The molecular formula is C74H84F8N8O4S2. The summed E-state index contributed by atoms with van der Waals surface area (Å²) >= 11 is 0.758. The summed E-state index contributed by atoms with van der Waals surface area (Å²) in [6, 6.07) is 15.8. The summed E-state index contributed by atoms with van der Waals surface area (Å²) in [5.74, 6) is -7.31. The minimum Gasteiger partial charge on any atom is -0.336 e. The number of amides is 2. The average Bonchev–Trinajstić information content (AvgIpc) is 1.52. The van der Waals surface area contributed by atoms with E-state index in [0.29, 0.717) is 59.0 Å². The first kappa shape index (κ1) is 46.7. The van der Waals surface area contributed by atoms with Gasteiger partial charge in [0.2, 0.25) is 11.8 Å². The third-order valence-corrected chi connectivity index (χ3v) is 17.2. The highest BCUT2D eigenvalue weighted by molar-refractivity contribution is 7.98. The van der Waals surface area contributed by atoms with Crippen LogP contribution in [0, 0.1) is 23.4 Å². The highest BCUT2D eigenvalue weighted by atomic mass is 32.2. The van der Waals surface area contributed by atoms with Crippen LogP contribution in [-0.4, -0.2) is 115 Å². The molecule has 4 aliphatic rings. The molecule has 2 aromatic heterocycles. The predicted octanol–water partition coefficient (Wildman–Crippen LogP) is 14.9. The Morgan fingerprint density at radius 2 is 1.08 bits per heavy atom. The molecule has 0 N–H and O–H groups in total. The smallest absolute Gasteiger partial charge is 0.336 e. The highest BCUT2D eigenvalue weighted by Crippen LogP contribution is 2.41. The Hall–Kier alpha value is -7.40. The van der Waals surface area contributed by atoms with E-state index in [9.17, 15) is 54.3 Å². The van der Waals surface area contributed by atoms with Crippen LogP contribution in [0.1, 0.15) is 145 Å². The number of carbonyl (C=O) groups is 2. The van der Waals surface area contributed by atoms with Crippen LogP contribution in [0.4, 0.5) is 35.1 Å². The van der Waals surface area contributed by atoms with Crippen molar-refractivity contribution in [1.29, 1.82) is 0 Å². The Kier molecular flexibility index (Phi) is 16.2. The zero-order chi connectivity index (χ0) is 90.2. The van der Waals surface area contributed by atoms with Crippen LogP contribution in [-0.2, 0) is 72.4 Å². The molecule has 12 nitrogen and oxygen atoms in total. The summed E-state index contributed by atoms with van der Waals surface area (Å²) < 4.78 is 317. The summed E-state index contributed by atoms with van der Waals surface area (Å²) in [6.45, 7) is -6.73. The van der Waals surface area contributed by atoms with Crippen LogP contribution in [0.15, 0.2) is 163 Å². The highest BCUT2D eigenvalue weighted by Gasteiger charge is 2.38. The van der Waals surface area contributed by atoms with Crippen LogP contribution in [0.5, 0.6) is 0 Å². The van der Waals surface area contributed by atoms with Crippen molar-refractivity contribution in [1.82, 2.24) is 38.7 Å². The van der Waals surface area contributed by atoms with Crippen LogP contribution >= 0.6 is 23.5 Å². The molecule has 0 bridgehead atoms. The van der Waals surface area contributed by atoms with Crippen LogP contribution in [0.2, 0.25) is 0 Å². The normalized spacial score (nSPS) is 25.2. The van der Waals surface area contributed by atoms with Crippen LogP contribution in [0.3, 0.4) is 0 Å². The lowest BCUT2D eigenvalue weighted by Gasteiger charge is -2.30. The molecule has 0 fully saturated rings. The molecule has 4 aromatic carbocycles. The van der Waals surface area contributed by atoms with E-state index in [0.717, 1.165) is 109 Å². The minimum atomic E-state index is -5.05. The maximum atomic E-state index is 14.6. The molecule has 4 aliphatic carbocycles. The summed E-state index contributed by atoms with van der Waals surface area (Å²) in [5, 5.41) is -0.776. The number of thioether (sulfide) groups is 2. The zero-order valence-corrected chi connectivity index (χ0v) is 54.5. The lowest BCUT2D eigenvalue weighted by molar-refractivity contribution is -0.137. The third-order valence-electron chi connectivity index (χ3n) is 15.6. The number of likely N-dealkylation sites (N-methyl/N-ethyl adjacent to an activating group) is 2. The zero-order valence-electron chi connectivity index (χ0n) is 76.9. The topological polar surface area (TPSA) is 117 Å². The van der Waals surface area contributed by atoms with E-state index in [4.69, 9.17) is 32.9 Å². The van der Waals surface area contributed by atoms with E-state index in [2.05, 4.69) is 9.97 Å². The monoisotopic (exact) mass is 1390 g/mol. The van der Waals surface area contributed by atoms with Crippen LogP contribution in [0.25, 0.3) is 11.1 Å². The second-order valence-corrected chi connectivity index (χ2v) is 23.6. The standard InChI is InChI=1S/C37H40F4N4O2S.C37H44F4N4O2S/c1-4-43(5-2)18-19-44(22-26-6-10-28(11-7-26)29-12-14-30(15-13-29)37(39,40)41)34(46)23-45-33-21-25(3)20-32(33)35(47)42-36(45)48-24-27-8-16-31(38)17-9-27;1-4-43(5-2)19-20-44(22-26-9-13-28(14-10-26)29-15-18-32(25(3)21-29)37(39,40)41)34(46)23-45-33-8-6-7-31(33)35(47)42-36(45)48-24-27-11-16-30(38)17-12-27/h6-17,25H,4-5,18-24H2,1-3H3;9,11-13,15-18,25H,4-8,10,14,19-24H2,1-3H3/i4D2,5D2,20D2,21D2,24D2,25D;4D2,5D2,9D,10D,13D,14D,15D,18D,21D,24D2. The van der Waals surface area contributed by atoms with Gasteiger partial charge in [-0.3, -0.25) is 19.2 Å². The largest absolute Gasteiger partial charge is 0.416 e. The number of benzene rings is 4. The lowest BCUT2D eigenvalue weighted by Crippen LogP contribution is -2.42. The fourth-order valence-electron chi connectivity index (χ4n) is 10.5. The van der Waals surface area contributed by atoms with Gasteiger partial charge in [-0.2, -0.15) is 36.3 Å². The summed E-state index contributed by atoms with van der Waals surface area (Å²) in [4.78, 5) is 67.8. The molecule has 6 aromatic rings. The second kappa shape index (κ2) is 33.2. The van der Waals surface area contributed by atoms with Crippen molar-refractivity contribution in [3.63, 3.8) is 0 Å². The van der Waals surface area contributed by atoms with Crippen molar-refractivity contribution in [2.75, 3.05) is 58.7 Å². The number of aromatic nitrogens is 4. The van der Waals surface area contributed by atoms with Gasteiger partial charge in [0.05, 0.1) is 11.0 Å². The number of hydrogen-bond acceptors (Lipinski definition) is 10. The summed E-state index contributed by atoms with van der Waals surface area (Å²) in [5.41, 5.74) is -9.91. The Bertz CT molecular complexity index is 5100. The molecule has 10 rings (SSSR count). The van der Waals surface area contributed by atoms with Crippen molar-refractivity contribution in [2.24, 2.45) is 11.8 Å². The minimum absolute atomic E-state index is 0.0247. The van der Waals surface area contributed by atoms with Gasteiger partial charge in [0, 0.05) is 106 Å². The van der Waals surface area contributed by atoms with E-state index in [1.807, 2.05) is 0 Å². The molecule has 0 spiro atoms.